The molecule has 1 heterocycles. The van der Waals surface area contributed by atoms with Crippen molar-refractivity contribution < 1.29 is 4.79 Å². The van der Waals surface area contributed by atoms with Crippen LogP contribution in [0.25, 0.3) is 16.6 Å². The maximum absolute atomic E-state index is 11.8. The summed E-state index contributed by atoms with van der Waals surface area (Å²) < 4.78 is 1.88. The Morgan fingerprint density at radius 1 is 1.24 bits per heavy atom. The summed E-state index contributed by atoms with van der Waals surface area (Å²) in [6, 6.07) is 14.9. The van der Waals surface area contributed by atoms with Crippen molar-refractivity contribution in [3.8, 4) is 11.8 Å². The lowest BCUT2D eigenvalue weighted by molar-refractivity contribution is 0.101. The van der Waals surface area contributed by atoms with Crippen LogP contribution in [0.5, 0.6) is 0 Å². The number of ketones is 1. The normalized spacial score (nSPS) is 10.5. The lowest BCUT2D eigenvalue weighted by Gasteiger charge is -2.07. The van der Waals surface area contributed by atoms with Crippen LogP contribution in [0, 0.1) is 11.3 Å². The van der Waals surface area contributed by atoms with Crippen molar-refractivity contribution in [2.24, 2.45) is 0 Å². The highest BCUT2D eigenvalue weighted by Gasteiger charge is 2.14. The van der Waals surface area contributed by atoms with Crippen LogP contribution in [0.15, 0.2) is 48.7 Å². The van der Waals surface area contributed by atoms with Crippen LogP contribution in [0.1, 0.15) is 22.8 Å². The first kappa shape index (κ1) is 13.4. The second-order valence-electron chi connectivity index (χ2n) is 4.76. The maximum atomic E-state index is 11.8. The summed E-state index contributed by atoms with van der Waals surface area (Å²) in [5.41, 5.74) is 2.83. The smallest absolute Gasteiger partial charge is 0.161 e. The lowest BCUT2D eigenvalue weighted by atomic mass is 10.1. The van der Waals surface area contributed by atoms with Gasteiger partial charge < -0.3 is 4.57 Å². The third kappa shape index (κ3) is 2.20. The van der Waals surface area contributed by atoms with E-state index in [0.717, 1.165) is 16.6 Å². The Bertz CT molecular complexity index is 903. The third-order valence-corrected chi connectivity index (χ3v) is 3.73. The SMILES string of the molecule is CC(=O)c1cn(-c2ccc(C#N)cc2Cl)c2ccccc12. The number of carbonyl (C=O) groups is 1. The zero-order valence-electron chi connectivity index (χ0n) is 11.3. The fraction of sp³-hybridized carbons (Fsp3) is 0.0588. The molecular formula is C17H11ClN2O. The van der Waals surface area contributed by atoms with Crippen molar-refractivity contribution in [2.45, 2.75) is 6.92 Å². The zero-order chi connectivity index (χ0) is 15.0. The first-order valence-electron chi connectivity index (χ1n) is 6.43. The molecule has 0 unspecified atom stereocenters. The molecule has 0 aliphatic carbocycles. The van der Waals surface area contributed by atoms with Gasteiger partial charge in [0.05, 0.1) is 27.9 Å². The maximum Gasteiger partial charge on any atom is 0.161 e. The third-order valence-electron chi connectivity index (χ3n) is 3.43. The molecule has 0 saturated carbocycles. The molecule has 0 fully saturated rings. The Labute approximate surface area is 127 Å². The number of carbonyl (C=O) groups excluding carboxylic acids is 1. The number of para-hydroxylation sites is 1. The number of nitriles is 1. The van der Waals surface area contributed by atoms with Crippen molar-refractivity contribution in [3.05, 3.63) is 64.8 Å². The summed E-state index contributed by atoms with van der Waals surface area (Å²) in [5, 5.41) is 10.3. The van der Waals surface area contributed by atoms with Gasteiger partial charge in [0.25, 0.3) is 0 Å². The average Bonchev–Trinajstić information content (AvgIpc) is 2.87. The van der Waals surface area contributed by atoms with Gasteiger partial charge in [0.2, 0.25) is 0 Å². The van der Waals surface area contributed by atoms with Crippen LogP contribution < -0.4 is 0 Å². The molecule has 0 atom stereocenters. The summed E-state index contributed by atoms with van der Waals surface area (Å²) >= 11 is 6.28. The van der Waals surface area contributed by atoms with E-state index in [9.17, 15) is 4.79 Å². The van der Waals surface area contributed by atoms with Crippen LogP contribution in [0.3, 0.4) is 0 Å². The Hall–Kier alpha value is -2.57. The molecule has 1 aromatic heterocycles. The predicted octanol–water partition coefficient (Wildman–Crippen LogP) is 4.36. The lowest BCUT2D eigenvalue weighted by Crippen LogP contribution is -1.94. The number of Topliss-reactive ketones (excluding diaryl/α,β-unsaturated/α-hetero) is 1. The standard InChI is InChI=1S/C17H11ClN2O/c1-11(21)14-10-20(16-5-3-2-4-13(14)16)17-7-6-12(9-19)8-15(17)18/h2-8,10H,1H3. The van der Waals surface area contributed by atoms with E-state index in [4.69, 9.17) is 16.9 Å². The molecule has 2 aromatic carbocycles. The van der Waals surface area contributed by atoms with Gasteiger partial charge in [-0.05, 0) is 31.2 Å². The second-order valence-corrected chi connectivity index (χ2v) is 5.17. The minimum Gasteiger partial charge on any atom is -0.314 e. The quantitative estimate of drug-likeness (QED) is 0.659. The van der Waals surface area contributed by atoms with Crippen LogP contribution in [-0.2, 0) is 0 Å². The minimum atomic E-state index is 0.00900. The summed E-state index contributed by atoms with van der Waals surface area (Å²) in [5.74, 6) is 0.00900. The van der Waals surface area contributed by atoms with Gasteiger partial charge in [0, 0.05) is 17.1 Å². The fourth-order valence-electron chi connectivity index (χ4n) is 2.43. The number of hydrogen-bond donors (Lipinski definition) is 0. The topological polar surface area (TPSA) is 45.8 Å². The molecule has 0 aliphatic heterocycles. The van der Waals surface area contributed by atoms with Crippen LogP contribution in [0.2, 0.25) is 5.02 Å². The van der Waals surface area contributed by atoms with E-state index in [1.165, 1.54) is 0 Å². The zero-order valence-corrected chi connectivity index (χ0v) is 12.1. The number of rotatable bonds is 2. The van der Waals surface area contributed by atoms with Crippen LogP contribution in [-0.4, -0.2) is 10.4 Å². The van der Waals surface area contributed by atoms with Crippen molar-refractivity contribution in [3.63, 3.8) is 0 Å². The minimum absolute atomic E-state index is 0.00900. The molecule has 3 rings (SSSR count). The van der Waals surface area contributed by atoms with Crippen molar-refractivity contribution in [1.29, 1.82) is 5.26 Å². The molecule has 0 amide bonds. The van der Waals surface area contributed by atoms with Crippen molar-refractivity contribution >= 4 is 28.3 Å². The summed E-state index contributed by atoms with van der Waals surface area (Å²) in [6.07, 6.45) is 1.79. The van der Waals surface area contributed by atoms with Gasteiger partial charge in [0.1, 0.15) is 0 Å². The van der Waals surface area contributed by atoms with Crippen molar-refractivity contribution in [1.82, 2.24) is 4.57 Å². The number of hydrogen-bond acceptors (Lipinski definition) is 2. The number of benzene rings is 2. The van der Waals surface area contributed by atoms with Crippen LogP contribution in [0.4, 0.5) is 0 Å². The molecule has 0 saturated heterocycles. The first-order valence-corrected chi connectivity index (χ1v) is 6.80. The second kappa shape index (κ2) is 5.08. The summed E-state index contributed by atoms with van der Waals surface area (Å²) in [4.78, 5) is 11.8. The molecule has 0 spiro atoms. The molecule has 3 aromatic rings. The molecule has 0 N–H and O–H groups in total. The van der Waals surface area contributed by atoms with Crippen LogP contribution >= 0.6 is 11.6 Å². The highest BCUT2D eigenvalue weighted by Crippen LogP contribution is 2.29. The van der Waals surface area contributed by atoms with Gasteiger partial charge in [-0.3, -0.25) is 4.79 Å². The van der Waals surface area contributed by atoms with E-state index in [0.29, 0.717) is 16.1 Å². The molecule has 3 nitrogen and oxygen atoms in total. The Morgan fingerprint density at radius 3 is 2.67 bits per heavy atom. The number of nitrogens with zero attached hydrogens (tertiary/aromatic N) is 2. The van der Waals surface area contributed by atoms with Gasteiger partial charge in [0.15, 0.2) is 5.78 Å². The van der Waals surface area contributed by atoms with Gasteiger partial charge in [-0.25, -0.2) is 0 Å². The molecular weight excluding hydrogens is 284 g/mol. The van der Waals surface area contributed by atoms with Gasteiger partial charge >= 0.3 is 0 Å². The molecule has 21 heavy (non-hydrogen) atoms. The molecule has 4 heteroatoms. The average molecular weight is 295 g/mol. The van der Waals surface area contributed by atoms with E-state index in [2.05, 4.69) is 6.07 Å². The number of halogens is 1. The molecule has 0 aliphatic rings. The Balaban J connectivity index is 2.31. The largest absolute Gasteiger partial charge is 0.314 e. The van der Waals surface area contributed by atoms with E-state index < -0.39 is 0 Å². The fourth-order valence-corrected chi connectivity index (χ4v) is 2.70. The number of aromatic nitrogens is 1. The van der Waals surface area contributed by atoms with Gasteiger partial charge in [-0.2, -0.15) is 5.26 Å². The van der Waals surface area contributed by atoms with E-state index >= 15 is 0 Å². The molecule has 0 radical (unpaired) electrons. The van der Waals surface area contributed by atoms with Crippen molar-refractivity contribution in [2.75, 3.05) is 0 Å². The highest BCUT2D eigenvalue weighted by molar-refractivity contribution is 6.32. The summed E-state index contributed by atoms with van der Waals surface area (Å²) in [6.45, 7) is 1.55. The highest BCUT2D eigenvalue weighted by atomic mass is 35.5. The van der Waals surface area contributed by atoms with E-state index in [-0.39, 0.29) is 5.78 Å². The molecule has 102 valence electrons. The van der Waals surface area contributed by atoms with Gasteiger partial charge in [-0.1, -0.05) is 29.8 Å². The summed E-state index contributed by atoms with van der Waals surface area (Å²) in [7, 11) is 0. The first-order chi connectivity index (χ1) is 10.1. The number of fused-ring (bicyclic) bond motifs is 1. The molecule has 0 bridgehead atoms. The Kier molecular flexibility index (Phi) is 3.25. The predicted molar refractivity (Wildman–Crippen MR) is 83.0 cm³/mol. The monoisotopic (exact) mass is 294 g/mol. The van der Waals surface area contributed by atoms with E-state index in [1.807, 2.05) is 28.8 Å². The Morgan fingerprint density at radius 2 is 2.00 bits per heavy atom. The van der Waals surface area contributed by atoms with Gasteiger partial charge in [-0.15, -0.1) is 0 Å². The van der Waals surface area contributed by atoms with E-state index in [1.54, 1.807) is 31.3 Å².